The Balaban J connectivity index is 0.000000559. The number of amidine groups is 1. The normalized spacial score (nSPS) is 10.8. The van der Waals surface area contributed by atoms with E-state index in [2.05, 4.69) is 36.4 Å². The number of carbonyl (C=O) groups excluding carboxylic acids is 1. The number of aliphatic carboxylic acids is 1. The molecule has 0 atom stereocenters. The number of esters is 1. The number of hydrogen-bond donors (Lipinski definition) is 3. The Morgan fingerprint density at radius 3 is 2.12 bits per heavy atom. The molecule has 7 nitrogen and oxygen atoms in total. The van der Waals surface area contributed by atoms with Gasteiger partial charge in [-0.3, -0.25) is 5.41 Å². The number of ether oxygens (including phenoxy) is 1. The van der Waals surface area contributed by atoms with Crippen molar-refractivity contribution in [2.45, 2.75) is 26.1 Å². The molecule has 40 heavy (non-hydrogen) atoms. The maximum atomic E-state index is 12.6. The van der Waals surface area contributed by atoms with Crippen LogP contribution >= 0.6 is 0 Å². The van der Waals surface area contributed by atoms with Gasteiger partial charge in [0.1, 0.15) is 5.84 Å². The van der Waals surface area contributed by atoms with Crippen LogP contribution in [0.3, 0.4) is 0 Å². The smallest absolute Gasteiger partial charge is 0.475 e. The molecule has 10 heteroatoms. The average Bonchev–Trinajstić information content (AvgIpc) is 3.31. The Morgan fingerprint density at radius 1 is 0.925 bits per heavy atom. The summed E-state index contributed by atoms with van der Waals surface area (Å²) in [6, 6.07) is 26.3. The van der Waals surface area contributed by atoms with E-state index in [1.807, 2.05) is 59.4 Å². The Kier molecular flexibility index (Phi) is 9.86. The summed E-state index contributed by atoms with van der Waals surface area (Å²) in [5, 5.41) is 14.8. The zero-order valence-electron chi connectivity index (χ0n) is 21.6. The van der Waals surface area contributed by atoms with E-state index in [9.17, 15) is 18.0 Å². The van der Waals surface area contributed by atoms with E-state index >= 15 is 0 Å². The Labute approximate surface area is 229 Å². The van der Waals surface area contributed by atoms with E-state index in [-0.39, 0.29) is 11.8 Å². The lowest BCUT2D eigenvalue weighted by molar-refractivity contribution is -0.192. The summed E-state index contributed by atoms with van der Waals surface area (Å²) < 4.78 is 39.0. The van der Waals surface area contributed by atoms with Crippen molar-refractivity contribution >= 4 is 17.8 Å². The van der Waals surface area contributed by atoms with Crippen LogP contribution in [0, 0.1) is 5.41 Å². The first-order valence-corrected chi connectivity index (χ1v) is 12.2. The molecule has 0 aliphatic heterocycles. The van der Waals surface area contributed by atoms with Crippen molar-refractivity contribution in [3.63, 3.8) is 0 Å². The summed E-state index contributed by atoms with van der Waals surface area (Å²) in [5.41, 5.74) is 12.2. The number of halogens is 3. The Morgan fingerprint density at radius 2 is 1.55 bits per heavy atom. The van der Waals surface area contributed by atoms with Crippen molar-refractivity contribution in [2.24, 2.45) is 5.73 Å². The lowest BCUT2D eigenvalue weighted by Gasteiger charge is -2.06. The lowest BCUT2D eigenvalue weighted by atomic mass is 10.0. The van der Waals surface area contributed by atoms with Crippen molar-refractivity contribution in [1.82, 2.24) is 4.57 Å². The minimum atomic E-state index is -5.08. The van der Waals surface area contributed by atoms with Crippen LogP contribution in [0.15, 0.2) is 91.3 Å². The van der Waals surface area contributed by atoms with Gasteiger partial charge in [0.25, 0.3) is 0 Å². The minimum absolute atomic E-state index is 0.0268. The zero-order chi connectivity index (χ0) is 29.3. The van der Waals surface area contributed by atoms with E-state index < -0.39 is 12.1 Å². The van der Waals surface area contributed by atoms with Crippen LogP contribution in [0.5, 0.6) is 0 Å². The maximum Gasteiger partial charge on any atom is 0.490 e. The molecule has 0 bridgehead atoms. The largest absolute Gasteiger partial charge is 0.490 e. The zero-order valence-corrected chi connectivity index (χ0v) is 21.6. The van der Waals surface area contributed by atoms with Gasteiger partial charge in [-0.05, 0) is 47.2 Å². The first kappa shape index (κ1) is 29.7. The lowest BCUT2D eigenvalue weighted by Crippen LogP contribution is -2.21. The molecule has 1 heterocycles. The molecule has 0 fully saturated rings. The summed E-state index contributed by atoms with van der Waals surface area (Å²) in [6.07, 6.45) is -0.680. The van der Waals surface area contributed by atoms with Gasteiger partial charge in [0, 0.05) is 24.5 Å². The number of rotatable bonds is 8. The van der Waals surface area contributed by atoms with E-state index in [1.165, 1.54) is 11.1 Å². The van der Waals surface area contributed by atoms with Gasteiger partial charge in [0.05, 0.1) is 12.2 Å². The number of nitrogen functional groups attached to an aromatic ring is 1. The summed E-state index contributed by atoms with van der Waals surface area (Å²) in [7, 11) is 0. The highest BCUT2D eigenvalue weighted by molar-refractivity contribution is 5.95. The molecule has 0 saturated heterocycles. The molecule has 208 valence electrons. The van der Waals surface area contributed by atoms with Crippen LogP contribution in [-0.2, 0) is 22.5 Å². The summed E-state index contributed by atoms with van der Waals surface area (Å²) in [4.78, 5) is 21.5. The molecule has 0 spiro atoms. The van der Waals surface area contributed by atoms with E-state index in [0.717, 1.165) is 16.7 Å². The second kappa shape index (κ2) is 13.3. The summed E-state index contributed by atoms with van der Waals surface area (Å²) in [6.45, 7) is 2.78. The minimum Gasteiger partial charge on any atom is -0.475 e. The fourth-order valence-electron chi connectivity index (χ4n) is 3.89. The number of nitrogens with two attached hydrogens (primary N) is 1. The number of benzene rings is 3. The number of hydrogen-bond acceptors (Lipinski definition) is 4. The number of nitrogens with zero attached hydrogens (tertiary/aromatic N) is 1. The monoisotopic (exact) mass is 551 g/mol. The molecule has 0 aliphatic rings. The number of nitrogens with one attached hydrogen (secondary N) is 1. The highest BCUT2D eigenvalue weighted by atomic mass is 19.4. The molecule has 0 radical (unpaired) electrons. The maximum absolute atomic E-state index is 12.6. The molecule has 0 saturated carbocycles. The molecular formula is C30H28F3N3O4. The SMILES string of the molecule is CCOC(=O)c1cn(Cc2ccc(-c3ccccc3)cc2)cc1Cc1cccc(C(=N)N)c1.O=C(O)C(F)(F)F. The predicted molar refractivity (Wildman–Crippen MR) is 145 cm³/mol. The second-order valence-corrected chi connectivity index (χ2v) is 8.75. The number of carboxylic acid groups (broad SMARTS) is 1. The predicted octanol–water partition coefficient (Wildman–Crippen LogP) is 5.89. The van der Waals surface area contributed by atoms with Gasteiger partial charge in [-0.25, -0.2) is 9.59 Å². The second-order valence-electron chi connectivity index (χ2n) is 8.75. The first-order valence-electron chi connectivity index (χ1n) is 12.2. The summed E-state index contributed by atoms with van der Waals surface area (Å²) in [5.74, 6) is -3.06. The molecule has 0 aliphatic carbocycles. The number of aromatic nitrogens is 1. The van der Waals surface area contributed by atoms with E-state index in [0.29, 0.717) is 30.7 Å². The van der Waals surface area contributed by atoms with Gasteiger partial charge in [-0.15, -0.1) is 0 Å². The van der Waals surface area contributed by atoms with E-state index in [1.54, 1.807) is 6.92 Å². The van der Waals surface area contributed by atoms with Crippen LogP contribution in [0.4, 0.5) is 13.2 Å². The van der Waals surface area contributed by atoms with Gasteiger partial charge >= 0.3 is 18.1 Å². The fourth-order valence-corrected chi connectivity index (χ4v) is 3.89. The topological polar surface area (TPSA) is 118 Å². The van der Waals surface area contributed by atoms with E-state index in [4.69, 9.17) is 25.8 Å². The number of carbonyl (C=O) groups is 2. The average molecular weight is 552 g/mol. The van der Waals surface area contributed by atoms with Crippen molar-refractivity contribution in [1.29, 1.82) is 5.41 Å². The van der Waals surface area contributed by atoms with Gasteiger partial charge in [0.2, 0.25) is 0 Å². The van der Waals surface area contributed by atoms with Crippen LogP contribution in [0.25, 0.3) is 11.1 Å². The summed E-state index contributed by atoms with van der Waals surface area (Å²) >= 11 is 0. The van der Waals surface area contributed by atoms with Crippen LogP contribution in [0.2, 0.25) is 0 Å². The third-order valence-corrected chi connectivity index (χ3v) is 5.76. The van der Waals surface area contributed by atoms with Crippen molar-refractivity contribution < 1.29 is 32.6 Å². The van der Waals surface area contributed by atoms with Crippen molar-refractivity contribution in [2.75, 3.05) is 6.61 Å². The highest BCUT2D eigenvalue weighted by Gasteiger charge is 2.38. The van der Waals surface area contributed by atoms with Crippen molar-refractivity contribution in [3.05, 3.63) is 119 Å². The molecule has 1 aromatic heterocycles. The first-order chi connectivity index (χ1) is 19.0. The molecule has 0 unspecified atom stereocenters. The Bertz CT molecular complexity index is 1460. The molecule has 4 N–H and O–H groups in total. The standard InChI is InChI=1S/C28H27N3O2.C2HF3O2/c1-2-33-28(32)26-19-31(18-25(26)16-21-7-6-10-24(15-21)27(29)30)17-20-11-13-23(14-12-20)22-8-4-3-5-9-22;3-2(4,5)1(6)7/h3-15,18-19H,2,16-17H2,1H3,(H3,29,30);(H,6,7). The number of alkyl halides is 3. The quantitative estimate of drug-likeness (QED) is 0.143. The molecule has 4 aromatic rings. The van der Waals surface area contributed by atoms with Gasteiger partial charge in [-0.1, -0.05) is 72.8 Å². The molecule has 4 rings (SSSR count). The van der Waals surface area contributed by atoms with Gasteiger partial charge in [0.15, 0.2) is 0 Å². The third-order valence-electron chi connectivity index (χ3n) is 5.76. The number of carboxylic acids is 1. The van der Waals surface area contributed by atoms with Crippen LogP contribution in [-0.4, -0.2) is 40.2 Å². The molecule has 3 aromatic carbocycles. The van der Waals surface area contributed by atoms with Crippen molar-refractivity contribution in [3.8, 4) is 11.1 Å². The molecule has 0 amide bonds. The fraction of sp³-hybridized carbons (Fsp3) is 0.167. The van der Waals surface area contributed by atoms with Gasteiger partial charge in [-0.2, -0.15) is 13.2 Å². The Hall–Kier alpha value is -4.86. The van der Waals surface area contributed by atoms with Gasteiger partial charge < -0.3 is 20.1 Å². The molecular weight excluding hydrogens is 523 g/mol. The highest BCUT2D eigenvalue weighted by Crippen LogP contribution is 2.22. The van der Waals surface area contributed by atoms with Crippen LogP contribution < -0.4 is 5.73 Å². The third kappa shape index (κ3) is 8.32. The van der Waals surface area contributed by atoms with Crippen LogP contribution in [0.1, 0.15) is 39.5 Å².